The number of rotatable bonds is 4. The van der Waals surface area contributed by atoms with E-state index >= 15 is 0 Å². The van der Waals surface area contributed by atoms with Crippen LogP contribution in [0.3, 0.4) is 0 Å². The summed E-state index contributed by atoms with van der Waals surface area (Å²) in [7, 11) is 0. The summed E-state index contributed by atoms with van der Waals surface area (Å²) in [5.41, 5.74) is 2.69. The molecular formula is C17H16BrIO. The van der Waals surface area contributed by atoms with Crippen molar-refractivity contribution < 1.29 is 4.79 Å². The maximum atomic E-state index is 12.6. The molecule has 0 aromatic heterocycles. The Morgan fingerprint density at radius 1 is 1.20 bits per heavy atom. The highest BCUT2D eigenvalue weighted by Gasteiger charge is 2.13. The van der Waals surface area contributed by atoms with Gasteiger partial charge in [-0.05, 0) is 64.8 Å². The molecule has 0 unspecified atom stereocenters. The number of hydrogen-bond acceptors (Lipinski definition) is 1. The van der Waals surface area contributed by atoms with Crippen LogP contribution in [0.4, 0.5) is 0 Å². The molecule has 0 bridgehead atoms. The van der Waals surface area contributed by atoms with Crippen LogP contribution in [0.5, 0.6) is 0 Å². The minimum Gasteiger partial charge on any atom is -0.289 e. The Kier molecular flexibility index (Phi) is 5.38. The van der Waals surface area contributed by atoms with Gasteiger partial charge in [0, 0.05) is 19.2 Å². The second-order valence-corrected chi connectivity index (χ2v) is 7.35. The molecule has 0 aliphatic rings. The second-order valence-electron chi connectivity index (χ2n) is 5.25. The van der Waals surface area contributed by atoms with Crippen molar-refractivity contribution in [2.24, 2.45) is 5.92 Å². The summed E-state index contributed by atoms with van der Waals surface area (Å²) in [5.74, 6) is 0.658. The Morgan fingerprint density at radius 2 is 1.95 bits per heavy atom. The third-order valence-electron chi connectivity index (χ3n) is 3.01. The van der Waals surface area contributed by atoms with Gasteiger partial charge in [0.1, 0.15) is 0 Å². The Morgan fingerprint density at radius 3 is 2.65 bits per heavy atom. The summed E-state index contributed by atoms with van der Waals surface area (Å²) in [6, 6.07) is 13.8. The highest BCUT2D eigenvalue weighted by atomic mass is 127. The van der Waals surface area contributed by atoms with E-state index in [1.807, 2.05) is 36.4 Å². The first-order valence-electron chi connectivity index (χ1n) is 6.56. The molecule has 1 nitrogen and oxygen atoms in total. The van der Waals surface area contributed by atoms with E-state index in [0.29, 0.717) is 5.92 Å². The molecule has 2 aromatic carbocycles. The predicted molar refractivity (Wildman–Crippen MR) is 95.3 cm³/mol. The van der Waals surface area contributed by atoms with Gasteiger partial charge in [-0.1, -0.05) is 48.0 Å². The lowest BCUT2D eigenvalue weighted by atomic mass is 9.97. The zero-order valence-corrected chi connectivity index (χ0v) is 15.2. The SMILES string of the molecule is CC(C)Cc1cccc(C(=O)c2cc(I)ccc2Br)c1. The van der Waals surface area contributed by atoms with Crippen LogP contribution in [0.1, 0.15) is 35.3 Å². The van der Waals surface area contributed by atoms with Crippen molar-refractivity contribution in [2.75, 3.05) is 0 Å². The van der Waals surface area contributed by atoms with E-state index in [0.717, 1.165) is 25.6 Å². The van der Waals surface area contributed by atoms with Gasteiger partial charge in [-0.3, -0.25) is 4.79 Å². The maximum Gasteiger partial charge on any atom is 0.194 e. The number of carbonyl (C=O) groups is 1. The first-order chi connectivity index (χ1) is 9.47. The summed E-state index contributed by atoms with van der Waals surface area (Å²) in [4.78, 5) is 12.6. The Bertz CT molecular complexity index is 635. The van der Waals surface area contributed by atoms with Gasteiger partial charge in [0.2, 0.25) is 0 Å². The van der Waals surface area contributed by atoms with Gasteiger partial charge >= 0.3 is 0 Å². The van der Waals surface area contributed by atoms with E-state index < -0.39 is 0 Å². The molecule has 20 heavy (non-hydrogen) atoms. The lowest BCUT2D eigenvalue weighted by Gasteiger charge is -2.08. The third-order valence-corrected chi connectivity index (χ3v) is 4.37. The molecule has 0 N–H and O–H groups in total. The van der Waals surface area contributed by atoms with Crippen molar-refractivity contribution >= 4 is 44.3 Å². The Balaban J connectivity index is 2.35. The van der Waals surface area contributed by atoms with Crippen molar-refractivity contribution in [1.29, 1.82) is 0 Å². The zero-order chi connectivity index (χ0) is 14.7. The molecule has 0 heterocycles. The minimum atomic E-state index is 0.0704. The fourth-order valence-corrected chi connectivity index (χ4v) is 3.06. The van der Waals surface area contributed by atoms with Gasteiger partial charge in [0.05, 0.1) is 0 Å². The van der Waals surface area contributed by atoms with E-state index in [2.05, 4.69) is 58.4 Å². The molecule has 0 aliphatic carbocycles. The molecule has 0 spiro atoms. The highest BCUT2D eigenvalue weighted by molar-refractivity contribution is 14.1. The average Bonchev–Trinajstić information content (AvgIpc) is 2.40. The summed E-state index contributed by atoms with van der Waals surface area (Å²) in [6.07, 6.45) is 0.995. The van der Waals surface area contributed by atoms with Gasteiger partial charge in [-0.25, -0.2) is 0 Å². The topological polar surface area (TPSA) is 17.1 Å². The van der Waals surface area contributed by atoms with Gasteiger partial charge in [-0.2, -0.15) is 0 Å². The molecule has 0 aliphatic heterocycles. The Hall–Kier alpha value is -0.680. The molecule has 2 rings (SSSR count). The lowest BCUT2D eigenvalue weighted by molar-refractivity contribution is 0.103. The Labute approximate surface area is 142 Å². The quantitative estimate of drug-likeness (QED) is 0.452. The van der Waals surface area contributed by atoms with Crippen molar-refractivity contribution in [3.05, 3.63) is 67.2 Å². The molecule has 0 amide bonds. The summed E-state index contributed by atoms with van der Waals surface area (Å²) in [5, 5.41) is 0. The van der Waals surface area contributed by atoms with Crippen molar-refractivity contribution in [3.63, 3.8) is 0 Å². The predicted octanol–water partition coefficient (Wildman–Crippen LogP) is 5.48. The van der Waals surface area contributed by atoms with E-state index in [4.69, 9.17) is 0 Å². The zero-order valence-electron chi connectivity index (χ0n) is 11.5. The molecule has 0 atom stereocenters. The first-order valence-corrected chi connectivity index (χ1v) is 8.43. The number of carbonyl (C=O) groups excluding carboxylic acids is 1. The number of halogens is 2. The van der Waals surface area contributed by atoms with Gasteiger partial charge in [0.25, 0.3) is 0 Å². The maximum absolute atomic E-state index is 12.6. The summed E-state index contributed by atoms with van der Waals surface area (Å²) in [6.45, 7) is 4.37. The van der Waals surface area contributed by atoms with E-state index in [9.17, 15) is 4.79 Å². The van der Waals surface area contributed by atoms with Crippen LogP contribution in [0.25, 0.3) is 0 Å². The first kappa shape index (κ1) is 15.7. The monoisotopic (exact) mass is 442 g/mol. The minimum absolute atomic E-state index is 0.0704. The number of ketones is 1. The van der Waals surface area contributed by atoms with E-state index in [-0.39, 0.29) is 5.78 Å². The lowest BCUT2D eigenvalue weighted by Crippen LogP contribution is -2.04. The number of benzene rings is 2. The molecule has 3 heteroatoms. The molecule has 104 valence electrons. The van der Waals surface area contributed by atoms with Crippen LogP contribution >= 0.6 is 38.5 Å². The normalized spacial score (nSPS) is 10.8. The van der Waals surface area contributed by atoms with Crippen LogP contribution in [0.2, 0.25) is 0 Å². The molecule has 0 saturated heterocycles. The third kappa shape index (κ3) is 3.92. The highest BCUT2D eigenvalue weighted by Crippen LogP contribution is 2.23. The van der Waals surface area contributed by atoms with Crippen molar-refractivity contribution in [3.8, 4) is 0 Å². The van der Waals surface area contributed by atoms with Gasteiger partial charge in [0.15, 0.2) is 5.78 Å². The van der Waals surface area contributed by atoms with Crippen molar-refractivity contribution in [1.82, 2.24) is 0 Å². The molecule has 2 aromatic rings. The fraction of sp³-hybridized carbons (Fsp3) is 0.235. The van der Waals surface area contributed by atoms with Crippen LogP contribution in [-0.2, 0) is 6.42 Å². The van der Waals surface area contributed by atoms with E-state index in [1.165, 1.54) is 5.56 Å². The molecule has 0 fully saturated rings. The van der Waals surface area contributed by atoms with Crippen LogP contribution in [0, 0.1) is 9.49 Å². The summed E-state index contributed by atoms with van der Waals surface area (Å²) >= 11 is 5.69. The second kappa shape index (κ2) is 6.85. The molecule has 0 radical (unpaired) electrons. The average molecular weight is 443 g/mol. The molecular weight excluding hydrogens is 427 g/mol. The molecule has 0 saturated carbocycles. The van der Waals surface area contributed by atoms with Gasteiger partial charge < -0.3 is 0 Å². The van der Waals surface area contributed by atoms with Crippen LogP contribution < -0.4 is 0 Å². The van der Waals surface area contributed by atoms with Crippen LogP contribution in [0.15, 0.2) is 46.9 Å². The summed E-state index contributed by atoms with van der Waals surface area (Å²) < 4.78 is 1.91. The standard InChI is InChI=1S/C17H16BrIO/c1-11(2)8-12-4-3-5-13(9-12)17(20)15-10-14(19)6-7-16(15)18/h3-7,9-11H,8H2,1-2H3. The fourth-order valence-electron chi connectivity index (χ4n) is 2.14. The smallest absolute Gasteiger partial charge is 0.194 e. The largest absolute Gasteiger partial charge is 0.289 e. The van der Waals surface area contributed by atoms with E-state index in [1.54, 1.807) is 0 Å². The van der Waals surface area contributed by atoms with Crippen molar-refractivity contribution in [2.45, 2.75) is 20.3 Å². The number of hydrogen-bond donors (Lipinski definition) is 0. The van der Waals surface area contributed by atoms with Crippen LogP contribution in [-0.4, -0.2) is 5.78 Å². The van der Waals surface area contributed by atoms with Gasteiger partial charge in [-0.15, -0.1) is 0 Å².